The molecule has 25 heavy (non-hydrogen) atoms. The molecule has 0 unspecified atom stereocenters. The van der Waals surface area contributed by atoms with E-state index in [0.717, 1.165) is 5.56 Å². The molecule has 1 aliphatic rings. The molecule has 132 valence electrons. The van der Waals surface area contributed by atoms with Crippen LogP contribution in [0.3, 0.4) is 0 Å². The number of rotatable bonds is 6. The number of hydrogen-bond donors (Lipinski definition) is 0. The lowest BCUT2D eigenvalue weighted by Crippen LogP contribution is -2.30. The normalized spacial score (nSPS) is 17.8. The average Bonchev–Trinajstić information content (AvgIpc) is 3.09. The van der Waals surface area contributed by atoms with Gasteiger partial charge < -0.3 is 4.52 Å². The van der Waals surface area contributed by atoms with Crippen molar-refractivity contribution in [1.82, 2.24) is 15.0 Å². The van der Waals surface area contributed by atoms with Crippen LogP contribution in [0.2, 0.25) is 0 Å². The fourth-order valence-electron chi connectivity index (χ4n) is 2.92. The summed E-state index contributed by atoms with van der Waals surface area (Å²) in [5.74, 6) is -0.0326. The molecule has 2 heterocycles. The van der Waals surface area contributed by atoms with Crippen molar-refractivity contribution in [3.8, 4) is 0 Å². The third-order valence-corrected chi connectivity index (χ3v) is 4.13. The first kappa shape index (κ1) is 17.3. The second kappa shape index (κ2) is 7.13. The second-order valence-corrected chi connectivity index (χ2v) is 6.75. The van der Waals surface area contributed by atoms with Gasteiger partial charge in [0.25, 0.3) is 0 Å². The highest BCUT2D eigenvalue weighted by Gasteiger charge is 2.39. The molecule has 1 aromatic carbocycles. The molecule has 1 aliphatic heterocycles. The van der Waals surface area contributed by atoms with Gasteiger partial charge in [-0.1, -0.05) is 31.1 Å². The van der Waals surface area contributed by atoms with Gasteiger partial charge in [0, 0.05) is 12.8 Å². The molecule has 1 atom stereocenters. The van der Waals surface area contributed by atoms with Gasteiger partial charge in [-0.25, -0.2) is 4.39 Å². The fourth-order valence-corrected chi connectivity index (χ4v) is 2.92. The molecule has 2 aromatic rings. The Kier molecular flexibility index (Phi) is 4.92. The zero-order valence-corrected chi connectivity index (χ0v) is 14.2. The van der Waals surface area contributed by atoms with Crippen LogP contribution in [-0.4, -0.2) is 26.9 Å². The van der Waals surface area contributed by atoms with Crippen LogP contribution in [0.1, 0.15) is 37.5 Å². The van der Waals surface area contributed by atoms with Crippen molar-refractivity contribution in [2.45, 2.75) is 39.7 Å². The Labute approximate surface area is 145 Å². The molecule has 0 spiro atoms. The maximum absolute atomic E-state index is 13.0. The first-order chi connectivity index (χ1) is 11.9. The van der Waals surface area contributed by atoms with E-state index in [9.17, 15) is 14.0 Å². The Morgan fingerprint density at radius 2 is 2.00 bits per heavy atom. The van der Waals surface area contributed by atoms with Crippen molar-refractivity contribution in [1.29, 1.82) is 0 Å². The Balaban J connectivity index is 1.64. The highest BCUT2D eigenvalue weighted by molar-refractivity contribution is 6.03. The van der Waals surface area contributed by atoms with E-state index in [-0.39, 0.29) is 36.5 Å². The summed E-state index contributed by atoms with van der Waals surface area (Å²) >= 11 is 0. The molecule has 1 saturated heterocycles. The lowest BCUT2D eigenvalue weighted by Gasteiger charge is -2.12. The van der Waals surface area contributed by atoms with Gasteiger partial charge in [-0.15, -0.1) is 0 Å². The van der Waals surface area contributed by atoms with Gasteiger partial charge >= 0.3 is 0 Å². The summed E-state index contributed by atoms with van der Waals surface area (Å²) in [5.41, 5.74) is 0.825. The number of benzene rings is 1. The largest absolute Gasteiger partial charge is 0.337 e. The number of imide groups is 1. The van der Waals surface area contributed by atoms with Gasteiger partial charge in [-0.3, -0.25) is 14.5 Å². The standard InChI is InChI=1S/C18H20FN3O3/c1-11(2)7-15-20-16(25-21-15)10-22-17(23)9-13(18(22)24)8-12-3-5-14(19)6-4-12/h3-6,11,13H,7-10H2,1-2H3/t13-/m1/s1. The van der Waals surface area contributed by atoms with Gasteiger partial charge in [0.15, 0.2) is 5.82 Å². The quantitative estimate of drug-likeness (QED) is 0.752. The molecular formula is C18H20FN3O3. The highest BCUT2D eigenvalue weighted by atomic mass is 19.1. The van der Waals surface area contributed by atoms with E-state index in [4.69, 9.17) is 4.52 Å². The lowest BCUT2D eigenvalue weighted by molar-refractivity contribution is -0.140. The van der Waals surface area contributed by atoms with E-state index in [2.05, 4.69) is 10.1 Å². The van der Waals surface area contributed by atoms with Crippen LogP contribution in [0.25, 0.3) is 0 Å². The first-order valence-electron chi connectivity index (χ1n) is 8.32. The van der Waals surface area contributed by atoms with Crippen molar-refractivity contribution in [2.75, 3.05) is 0 Å². The van der Waals surface area contributed by atoms with Gasteiger partial charge in [-0.2, -0.15) is 4.98 Å². The molecule has 1 fully saturated rings. The van der Waals surface area contributed by atoms with E-state index >= 15 is 0 Å². The minimum absolute atomic E-state index is 0.00266. The lowest BCUT2D eigenvalue weighted by atomic mass is 9.98. The molecule has 0 N–H and O–H groups in total. The molecule has 2 amide bonds. The Morgan fingerprint density at radius 3 is 2.68 bits per heavy atom. The first-order valence-corrected chi connectivity index (χ1v) is 8.32. The van der Waals surface area contributed by atoms with E-state index in [1.807, 2.05) is 13.8 Å². The highest BCUT2D eigenvalue weighted by Crippen LogP contribution is 2.25. The SMILES string of the molecule is CC(C)Cc1noc(CN2C(=O)C[C@@H](Cc3ccc(F)cc3)C2=O)n1. The average molecular weight is 345 g/mol. The number of nitrogens with zero attached hydrogens (tertiary/aromatic N) is 3. The van der Waals surface area contributed by atoms with Crippen LogP contribution >= 0.6 is 0 Å². The van der Waals surface area contributed by atoms with E-state index in [1.54, 1.807) is 12.1 Å². The maximum atomic E-state index is 13.0. The van der Waals surface area contributed by atoms with Crippen molar-refractivity contribution < 1.29 is 18.5 Å². The number of amides is 2. The predicted molar refractivity (Wildman–Crippen MR) is 86.6 cm³/mol. The van der Waals surface area contributed by atoms with Crippen LogP contribution in [0.5, 0.6) is 0 Å². The molecule has 0 saturated carbocycles. The van der Waals surface area contributed by atoms with Gasteiger partial charge in [-0.05, 0) is 30.0 Å². The second-order valence-electron chi connectivity index (χ2n) is 6.75. The Hall–Kier alpha value is -2.57. The van der Waals surface area contributed by atoms with Crippen molar-refractivity contribution in [3.05, 3.63) is 47.4 Å². The molecule has 6 nitrogen and oxygen atoms in total. The smallest absolute Gasteiger partial charge is 0.246 e. The molecule has 0 aliphatic carbocycles. The molecule has 1 aromatic heterocycles. The van der Waals surface area contributed by atoms with Gasteiger partial charge in [0.2, 0.25) is 17.7 Å². The van der Waals surface area contributed by atoms with Crippen LogP contribution in [0, 0.1) is 17.7 Å². The zero-order valence-electron chi connectivity index (χ0n) is 14.2. The van der Waals surface area contributed by atoms with Crippen LogP contribution < -0.4 is 0 Å². The molecule has 0 radical (unpaired) electrons. The molecular weight excluding hydrogens is 325 g/mol. The van der Waals surface area contributed by atoms with Gasteiger partial charge in [0.1, 0.15) is 12.4 Å². The van der Waals surface area contributed by atoms with Crippen LogP contribution in [0.4, 0.5) is 4.39 Å². The monoisotopic (exact) mass is 345 g/mol. The summed E-state index contributed by atoms with van der Waals surface area (Å²) < 4.78 is 18.1. The minimum atomic E-state index is -0.434. The third kappa shape index (κ3) is 4.10. The van der Waals surface area contributed by atoms with Gasteiger partial charge in [0.05, 0.1) is 5.92 Å². The number of halogens is 1. The topological polar surface area (TPSA) is 76.3 Å². The van der Waals surface area contributed by atoms with E-state index in [0.29, 0.717) is 24.6 Å². The summed E-state index contributed by atoms with van der Waals surface area (Å²) in [5, 5.41) is 3.87. The maximum Gasteiger partial charge on any atom is 0.246 e. The number of likely N-dealkylation sites (tertiary alicyclic amines) is 1. The molecule has 0 bridgehead atoms. The van der Waals surface area contributed by atoms with Crippen molar-refractivity contribution >= 4 is 11.8 Å². The molecule has 3 rings (SSSR count). The fraction of sp³-hybridized carbons (Fsp3) is 0.444. The summed E-state index contributed by atoms with van der Waals surface area (Å²) in [4.78, 5) is 30.1. The van der Waals surface area contributed by atoms with Crippen molar-refractivity contribution in [3.63, 3.8) is 0 Å². The van der Waals surface area contributed by atoms with E-state index in [1.165, 1.54) is 17.0 Å². The van der Waals surface area contributed by atoms with E-state index < -0.39 is 5.92 Å². The number of carbonyl (C=O) groups excluding carboxylic acids is 2. The Morgan fingerprint density at radius 1 is 1.28 bits per heavy atom. The summed E-state index contributed by atoms with van der Waals surface area (Å²) in [6.45, 7) is 4.09. The summed E-state index contributed by atoms with van der Waals surface area (Å²) in [6, 6.07) is 5.96. The number of hydrogen-bond acceptors (Lipinski definition) is 5. The van der Waals surface area contributed by atoms with Crippen molar-refractivity contribution in [2.24, 2.45) is 11.8 Å². The minimum Gasteiger partial charge on any atom is -0.337 e. The predicted octanol–water partition coefficient (Wildman–Crippen LogP) is 2.53. The number of carbonyl (C=O) groups is 2. The molecule has 7 heteroatoms. The van der Waals surface area contributed by atoms with Crippen LogP contribution in [0.15, 0.2) is 28.8 Å². The Bertz CT molecular complexity index is 770. The summed E-state index contributed by atoms with van der Waals surface area (Å²) in [7, 11) is 0. The zero-order chi connectivity index (χ0) is 18.0. The number of aromatic nitrogens is 2. The third-order valence-electron chi connectivity index (χ3n) is 4.13. The summed E-state index contributed by atoms with van der Waals surface area (Å²) in [6.07, 6.45) is 1.23. The van der Waals surface area contributed by atoms with Crippen LogP contribution in [-0.2, 0) is 29.0 Å².